The van der Waals surface area contributed by atoms with E-state index in [0.717, 1.165) is 0 Å². The van der Waals surface area contributed by atoms with Crippen LogP contribution in [0.25, 0.3) is 11.2 Å². The van der Waals surface area contributed by atoms with Crippen molar-refractivity contribution in [2.75, 3.05) is 18.9 Å². The summed E-state index contributed by atoms with van der Waals surface area (Å²) in [6.07, 6.45) is 0.435. The van der Waals surface area contributed by atoms with E-state index in [1.165, 1.54) is 12.7 Å². The molecule has 0 aliphatic carbocycles. The summed E-state index contributed by atoms with van der Waals surface area (Å²) >= 11 is 0. The first-order chi connectivity index (χ1) is 12.7. The Bertz CT molecular complexity index is 827. The van der Waals surface area contributed by atoms with E-state index in [1.54, 1.807) is 25.3 Å². The van der Waals surface area contributed by atoms with Crippen LogP contribution in [0.2, 0.25) is 0 Å². The van der Waals surface area contributed by atoms with Gasteiger partial charge in [0.25, 0.3) is 0 Å². The molecule has 0 bridgehead atoms. The SMILES string of the molecule is CC(C)OC(=O)OCOP(=O)(O)COC(C)Cn1cnc2c(N)ncnc21. The lowest BCUT2D eigenvalue weighted by molar-refractivity contribution is -0.0152. The monoisotopic (exact) mass is 403 g/mol. The lowest BCUT2D eigenvalue weighted by atomic mass is 10.4. The fourth-order valence-corrected chi connectivity index (χ4v) is 2.74. The van der Waals surface area contributed by atoms with E-state index in [1.807, 2.05) is 0 Å². The average Bonchev–Trinajstić information content (AvgIpc) is 2.97. The van der Waals surface area contributed by atoms with Gasteiger partial charge < -0.3 is 29.4 Å². The van der Waals surface area contributed by atoms with Crippen LogP contribution in [0.5, 0.6) is 0 Å². The van der Waals surface area contributed by atoms with Crippen LogP contribution in [0.4, 0.5) is 10.6 Å². The molecule has 0 aromatic carbocycles. The summed E-state index contributed by atoms with van der Waals surface area (Å²) in [5.41, 5.74) is 6.71. The number of hydrogen-bond donors (Lipinski definition) is 2. The van der Waals surface area contributed by atoms with E-state index in [-0.39, 0.29) is 11.9 Å². The fourth-order valence-electron chi connectivity index (χ4n) is 2.00. The standard InChI is InChI=1S/C14H22N5O7P/c1-9(2)26-14(20)23-7-25-27(21,22)8-24-10(3)4-19-6-18-11-12(15)16-5-17-13(11)19/h5-6,9-10H,4,7-8H2,1-3H3,(H,21,22)(H2,15,16,17). The highest BCUT2D eigenvalue weighted by Crippen LogP contribution is 2.42. The first kappa shape index (κ1) is 21.0. The Kier molecular flexibility index (Phi) is 7.08. The van der Waals surface area contributed by atoms with E-state index in [0.29, 0.717) is 17.7 Å². The van der Waals surface area contributed by atoms with Crippen molar-refractivity contribution in [2.45, 2.75) is 39.5 Å². The topological polar surface area (TPSA) is 161 Å². The Morgan fingerprint density at radius 2 is 2.07 bits per heavy atom. The molecule has 3 N–H and O–H groups in total. The third kappa shape index (κ3) is 6.43. The van der Waals surface area contributed by atoms with Crippen molar-refractivity contribution >= 4 is 30.7 Å². The fraction of sp³-hybridized carbons (Fsp3) is 0.571. The number of imidazole rings is 1. The van der Waals surface area contributed by atoms with E-state index >= 15 is 0 Å². The Balaban J connectivity index is 1.79. The van der Waals surface area contributed by atoms with Crippen LogP contribution in [0, 0.1) is 0 Å². The molecule has 0 fully saturated rings. The summed E-state index contributed by atoms with van der Waals surface area (Å²) in [7, 11) is -4.11. The van der Waals surface area contributed by atoms with Gasteiger partial charge in [0, 0.05) is 0 Å². The molecular formula is C14H22N5O7P. The van der Waals surface area contributed by atoms with E-state index in [2.05, 4.69) is 24.2 Å². The van der Waals surface area contributed by atoms with E-state index < -0.39 is 33.0 Å². The Hall–Kier alpha value is -2.27. The maximum absolute atomic E-state index is 11.9. The number of nitrogen functional groups attached to an aromatic ring is 1. The molecule has 0 radical (unpaired) electrons. The molecule has 0 aliphatic rings. The van der Waals surface area contributed by atoms with Gasteiger partial charge in [0.2, 0.25) is 6.79 Å². The van der Waals surface area contributed by atoms with E-state index in [4.69, 9.17) is 15.2 Å². The lowest BCUT2D eigenvalue weighted by Gasteiger charge is -2.17. The number of anilines is 1. The van der Waals surface area contributed by atoms with Gasteiger partial charge in [-0.3, -0.25) is 9.09 Å². The van der Waals surface area contributed by atoms with Gasteiger partial charge >= 0.3 is 13.8 Å². The largest absolute Gasteiger partial charge is 0.510 e. The zero-order valence-electron chi connectivity index (χ0n) is 15.1. The van der Waals surface area contributed by atoms with Crippen molar-refractivity contribution in [2.24, 2.45) is 0 Å². The van der Waals surface area contributed by atoms with Crippen LogP contribution in [0.3, 0.4) is 0 Å². The number of nitrogens with zero attached hydrogens (tertiary/aromatic N) is 4. The number of fused-ring (bicyclic) bond motifs is 1. The molecule has 12 nitrogen and oxygen atoms in total. The molecule has 0 amide bonds. The molecule has 2 aromatic heterocycles. The molecule has 0 saturated heterocycles. The van der Waals surface area contributed by atoms with Crippen molar-refractivity contribution in [1.82, 2.24) is 19.5 Å². The minimum atomic E-state index is -4.11. The third-order valence-electron chi connectivity index (χ3n) is 3.17. The first-order valence-corrected chi connectivity index (χ1v) is 9.77. The highest BCUT2D eigenvalue weighted by atomic mass is 31.2. The minimum absolute atomic E-state index is 0.261. The highest BCUT2D eigenvalue weighted by Gasteiger charge is 2.23. The maximum atomic E-state index is 11.9. The third-order valence-corrected chi connectivity index (χ3v) is 4.15. The molecule has 2 heterocycles. The van der Waals surface area contributed by atoms with Gasteiger partial charge in [-0.2, -0.15) is 0 Å². The zero-order chi connectivity index (χ0) is 20.0. The molecule has 2 unspecified atom stereocenters. The smallest absolute Gasteiger partial charge is 0.432 e. The van der Waals surface area contributed by atoms with Gasteiger partial charge in [-0.25, -0.2) is 19.7 Å². The van der Waals surface area contributed by atoms with Gasteiger partial charge in [-0.1, -0.05) is 0 Å². The van der Waals surface area contributed by atoms with E-state index in [9.17, 15) is 14.3 Å². The predicted molar refractivity (Wildman–Crippen MR) is 93.6 cm³/mol. The molecule has 13 heteroatoms. The van der Waals surface area contributed by atoms with Crippen molar-refractivity contribution in [3.05, 3.63) is 12.7 Å². The molecule has 0 saturated carbocycles. The molecule has 2 rings (SSSR count). The normalized spacial score (nSPS) is 14.9. The number of carbonyl (C=O) groups excluding carboxylic acids is 1. The van der Waals surface area contributed by atoms with Gasteiger partial charge in [0.05, 0.1) is 25.1 Å². The number of aromatic nitrogens is 4. The van der Waals surface area contributed by atoms with Crippen LogP contribution in [-0.4, -0.2) is 55.9 Å². The minimum Gasteiger partial charge on any atom is -0.432 e. The molecule has 2 atom stereocenters. The van der Waals surface area contributed by atoms with Crippen molar-refractivity contribution in [1.29, 1.82) is 0 Å². The Morgan fingerprint density at radius 1 is 1.33 bits per heavy atom. The number of ether oxygens (including phenoxy) is 3. The second-order valence-electron chi connectivity index (χ2n) is 5.88. The molecule has 2 aromatic rings. The van der Waals surface area contributed by atoms with Gasteiger partial charge in [-0.15, -0.1) is 0 Å². The molecule has 27 heavy (non-hydrogen) atoms. The van der Waals surface area contributed by atoms with Crippen LogP contribution in [0.15, 0.2) is 12.7 Å². The number of rotatable bonds is 9. The van der Waals surface area contributed by atoms with Gasteiger partial charge in [0.1, 0.15) is 18.2 Å². The van der Waals surface area contributed by atoms with Crippen molar-refractivity contribution in [3.63, 3.8) is 0 Å². The summed E-state index contributed by atoms with van der Waals surface area (Å²) < 4.78 is 32.8. The molecular weight excluding hydrogens is 381 g/mol. The van der Waals surface area contributed by atoms with Gasteiger partial charge in [0.15, 0.2) is 11.5 Å². The summed E-state index contributed by atoms with van der Waals surface area (Å²) in [6, 6.07) is 0. The maximum Gasteiger partial charge on any atom is 0.510 e. The Morgan fingerprint density at radius 3 is 2.78 bits per heavy atom. The molecule has 0 aliphatic heterocycles. The second kappa shape index (κ2) is 9.09. The quantitative estimate of drug-likeness (QED) is 0.354. The second-order valence-corrected chi connectivity index (χ2v) is 7.67. The summed E-state index contributed by atoms with van der Waals surface area (Å²) in [5.74, 6) is 0.261. The molecule has 0 spiro atoms. The van der Waals surface area contributed by atoms with Crippen LogP contribution in [-0.2, 0) is 29.8 Å². The van der Waals surface area contributed by atoms with Crippen molar-refractivity contribution < 1.29 is 33.0 Å². The number of hydrogen-bond acceptors (Lipinski definition) is 10. The Labute approximate surface area is 155 Å². The number of carbonyl (C=O) groups is 1. The van der Waals surface area contributed by atoms with Crippen molar-refractivity contribution in [3.8, 4) is 0 Å². The summed E-state index contributed by atoms with van der Waals surface area (Å²) in [6.45, 7) is 4.56. The van der Waals surface area contributed by atoms with Crippen LogP contribution < -0.4 is 5.73 Å². The highest BCUT2D eigenvalue weighted by molar-refractivity contribution is 7.52. The number of nitrogens with two attached hydrogens (primary N) is 1. The molecule has 150 valence electrons. The predicted octanol–water partition coefficient (Wildman–Crippen LogP) is 1.49. The van der Waals surface area contributed by atoms with Crippen LogP contribution in [0.1, 0.15) is 20.8 Å². The summed E-state index contributed by atoms with van der Waals surface area (Å²) in [4.78, 5) is 33.0. The first-order valence-electron chi connectivity index (χ1n) is 8.00. The van der Waals surface area contributed by atoms with Crippen LogP contribution >= 0.6 is 7.60 Å². The van der Waals surface area contributed by atoms with Gasteiger partial charge in [-0.05, 0) is 20.8 Å². The lowest BCUT2D eigenvalue weighted by Crippen LogP contribution is -2.18. The zero-order valence-corrected chi connectivity index (χ0v) is 16.0. The average molecular weight is 403 g/mol. The summed E-state index contributed by atoms with van der Waals surface area (Å²) in [5, 5.41) is 0.